The van der Waals surface area contributed by atoms with Crippen molar-refractivity contribution < 1.29 is 9.47 Å². The number of ether oxygens (including phenoxy) is 2. The van der Waals surface area contributed by atoms with Crippen LogP contribution in [0.15, 0.2) is 11.1 Å². The van der Waals surface area contributed by atoms with Crippen molar-refractivity contribution in [1.29, 1.82) is 0 Å². The maximum absolute atomic E-state index is 5.33. The summed E-state index contributed by atoms with van der Waals surface area (Å²) in [6.45, 7) is 1.03. The average molecular weight is 242 g/mol. The van der Waals surface area contributed by atoms with E-state index in [0.717, 1.165) is 0 Å². The van der Waals surface area contributed by atoms with Crippen LogP contribution in [0.1, 0.15) is 0 Å². The summed E-state index contributed by atoms with van der Waals surface area (Å²) in [5.74, 6) is 6.98. The third-order valence-electron chi connectivity index (χ3n) is 1.99. The minimum atomic E-state index is 0.419. The monoisotopic (exact) mass is 242 g/mol. The molecule has 96 valence electrons. The zero-order chi connectivity index (χ0) is 12.7. The summed E-state index contributed by atoms with van der Waals surface area (Å²) in [5.41, 5.74) is 2.45. The maximum atomic E-state index is 5.33. The summed E-state index contributed by atoms with van der Waals surface area (Å²) < 4.78 is 11.6. The Morgan fingerprint density at radius 2 is 2.35 bits per heavy atom. The first-order chi connectivity index (χ1) is 8.21. The molecule has 1 heterocycles. The molecule has 4 N–H and O–H groups in total. The van der Waals surface area contributed by atoms with Crippen molar-refractivity contribution in [2.75, 3.05) is 32.7 Å². The molecule has 0 amide bonds. The van der Waals surface area contributed by atoms with Crippen LogP contribution in [0, 0.1) is 0 Å². The van der Waals surface area contributed by atoms with Gasteiger partial charge in [-0.25, -0.2) is 15.5 Å². The molecule has 0 fully saturated rings. The van der Waals surface area contributed by atoms with Crippen LogP contribution >= 0.6 is 0 Å². The van der Waals surface area contributed by atoms with Crippen LogP contribution in [0.2, 0.25) is 0 Å². The Labute approximate surface area is 99.8 Å². The molecular formula is C9H18N6O2. The van der Waals surface area contributed by atoms with E-state index in [-0.39, 0.29) is 0 Å². The van der Waals surface area contributed by atoms with E-state index < -0.39 is 0 Å². The minimum Gasteiger partial charge on any atom is -0.481 e. The number of nitrogens with two attached hydrogens (primary N) is 1. The molecular weight excluding hydrogens is 224 g/mol. The summed E-state index contributed by atoms with van der Waals surface area (Å²) >= 11 is 0. The molecule has 0 aliphatic heterocycles. The van der Waals surface area contributed by atoms with Crippen LogP contribution in [0.3, 0.4) is 0 Å². The molecule has 0 atom stereocenters. The summed E-state index contributed by atoms with van der Waals surface area (Å²) in [6, 6.07) is 1.74. The quantitative estimate of drug-likeness (QED) is 0.208. The smallest absolute Gasteiger partial charge is 0.213 e. The highest BCUT2D eigenvalue weighted by atomic mass is 16.5. The number of rotatable bonds is 5. The van der Waals surface area contributed by atoms with Gasteiger partial charge in [0.25, 0.3) is 0 Å². The number of aromatic nitrogens is 2. The van der Waals surface area contributed by atoms with Crippen LogP contribution < -0.4 is 21.3 Å². The van der Waals surface area contributed by atoms with E-state index in [1.54, 1.807) is 32.0 Å². The SMILES string of the molecule is COCCN=C(NN)Nc1cc(OC)n(C)n1. The van der Waals surface area contributed by atoms with E-state index >= 15 is 0 Å². The van der Waals surface area contributed by atoms with Gasteiger partial charge < -0.3 is 14.8 Å². The van der Waals surface area contributed by atoms with E-state index in [1.807, 2.05) is 0 Å². The third kappa shape index (κ3) is 3.93. The fourth-order valence-corrected chi connectivity index (χ4v) is 1.19. The van der Waals surface area contributed by atoms with E-state index in [4.69, 9.17) is 15.3 Å². The van der Waals surface area contributed by atoms with Gasteiger partial charge in [0.1, 0.15) is 0 Å². The maximum Gasteiger partial charge on any atom is 0.213 e. The number of hydrazine groups is 1. The van der Waals surface area contributed by atoms with Gasteiger partial charge in [0.15, 0.2) is 5.82 Å². The van der Waals surface area contributed by atoms with Gasteiger partial charge in [-0.1, -0.05) is 0 Å². The first-order valence-corrected chi connectivity index (χ1v) is 5.06. The third-order valence-corrected chi connectivity index (χ3v) is 1.99. The molecule has 1 rings (SSSR count). The Kier molecular flexibility index (Phi) is 5.24. The molecule has 0 saturated heterocycles. The van der Waals surface area contributed by atoms with E-state index in [0.29, 0.717) is 30.8 Å². The van der Waals surface area contributed by atoms with E-state index in [9.17, 15) is 0 Å². The van der Waals surface area contributed by atoms with Gasteiger partial charge in [-0.05, 0) is 0 Å². The zero-order valence-electron chi connectivity index (χ0n) is 10.2. The number of hydrogen-bond acceptors (Lipinski definition) is 5. The van der Waals surface area contributed by atoms with Crippen molar-refractivity contribution in [1.82, 2.24) is 15.2 Å². The number of aliphatic imine (C=N–C) groups is 1. The Morgan fingerprint density at radius 1 is 1.59 bits per heavy atom. The molecule has 0 aliphatic carbocycles. The van der Waals surface area contributed by atoms with Crippen molar-refractivity contribution in [3.63, 3.8) is 0 Å². The largest absolute Gasteiger partial charge is 0.481 e. The number of aryl methyl sites for hydroxylation is 1. The lowest BCUT2D eigenvalue weighted by Crippen LogP contribution is -2.36. The Morgan fingerprint density at radius 3 is 2.88 bits per heavy atom. The normalized spacial score (nSPS) is 11.4. The van der Waals surface area contributed by atoms with E-state index in [2.05, 4.69) is 20.8 Å². The number of methoxy groups -OCH3 is 2. The van der Waals surface area contributed by atoms with Gasteiger partial charge in [-0.3, -0.25) is 5.43 Å². The highest BCUT2D eigenvalue weighted by Crippen LogP contribution is 2.14. The standard InChI is InChI=1S/C9H18N6O2/c1-15-8(17-3)6-7(14-15)12-9(13-10)11-4-5-16-2/h6H,4-5,10H2,1-3H3,(H2,11,12,13,14). The fraction of sp³-hybridized carbons (Fsp3) is 0.556. The first-order valence-electron chi connectivity index (χ1n) is 5.06. The predicted molar refractivity (Wildman–Crippen MR) is 64.9 cm³/mol. The Balaban J connectivity index is 2.63. The number of anilines is 1. The van der Waals surface area contributed by atoms with Crippen LogP contribution in [-0.4, -0.2) is 43.1 Å². The molecule has 0 radical (unpaired) electrons. The van der Waals surface area contributed by atoms with Crippen molar-refractivity contribution in [3.8, 4) is 5.88 Å². The van der Waals surface area contributed by atoms with Crippen LogP contribution in [0.25, 0.3) is 0 Å². The second-order valence-electron chi connectivity index (χ2n) is 3.19. The molecule has 1 aromatic heterocycles. The van der Waals surface area contributed by atoms with Crippen molar-refractivity contribution >= 4 is 11.8 Å². The van der Waals surface area contributed by atoms with Crippen molar-refractivity contribution in [2.24, 2.45) is 17.9 Å². The number of hydrogen-bond donors (Lipinski definition) is 3. The molecule has 0 aliphatic rings. The van der Waals surface area contributed by atoms with Gasteiger partial charge in [-0.15, -0.1) is 0 Å². The lowest BCUT2D eigenvalue weighted by Gasteiger charge is -2.05. The molecule has 0 saturated carbocycles. The van der Waals surface area contributed by atoms with Crippen LogP contribution in [0.4, 0.5) is 5.82 Å². The van der Waals surface area contributed by atoms with Gasteiger partial charge in [0.05, 0.1) is 20.3 Å². The highest BCUT2D eigenvalue weighted by Gasteiger charge is 2.06. The van der Waals surface area contributed by atoms with Gasteiger partial charge in [0, 0.05) is 20.2 Å². The number of nitrogens with one attached hydrogen (secondary N) is 2. The topological polar surface area (TPSA) is 98.7 Å². The molecule has 0 bridgehead atoms. The summed E-state index contributed by atoms with van der Waals surface area (Å²) in [6.07, 6.45) is 0. The molecule has 0 aromatic carbocycles. The van der Waals surface area contributed by atoms with E-state index in [1.165, 1.54) is 0 Å². The number of guanidine groups is 1. The van der Waals surface area contributed by atoms with Crippen molar-refractivity contribution in [3.05, 3.63) is 6.07 Å². The van der Waals surface area contributed by atoms with Gasteiger partial charge >= 0.3 is 0 Å². The Hall–Kier alpha value is -1.80. The summed E-state index contributed by atoms with van der Waals surface area (Å²) in [5, 5.41) is 7.10. The zero-order valence-corrected chi connectivity index (χ0v) is 10.2. The predicted octanol–water partition coefficient (Wildman–Crippen LogP) is -0.694. The van der Waals surface area contributed by atoms with Crippen LogP contribution in [-0.2, 0) is 11.8 Å². The molecule has 0 unspecified atom stereocenters. The average Bonchev–Trinajstić information content (AvgIpc) is 2.68. The lowest BCUT2D eigenvalue weighted by atomic mass is 10.6. The molecule has 8 heteroatoms. The lowest BCUT2D eigenvalue weighted by molar-refractivity contribution is 0.208. The van der Waals surface area contributed by atoms with Crippen molar-refractivity contribution in [2.45, 2.75) is 0 Å². The second kappa shape index (κ2) is 6.71. The van der Waals surface area contributed by atoms with Crippen LogP contribution in [0.5, 0.6) is 5.88 Å². The Bertz CT molecular complexity index is 376. The molecule has 0 spiro atoms. The summed E-state index contributed by atoms with van der Waals surface area (Å²) in [7, 11) is 4.97. The minimum absolute atomic E-state index is 0.419. The fourth-order valence-electron chi connectivity index (χ4n) is 1.19. The number of nitrogens with zero attached hydrogens (tertiary/aromatic N) is 3. The first kappa shape index (κ1) is 13.3. The molecule has 8 nitrogen and oxygen atoms in total. The molecule has 17 heavy (non-hydrogen) atoms. The second-order valence-corrected chi connectivity index (χ2v) is 3.19. The van der Waals surface area contributed by atoms with Gasteiger partial charge in [0.2, 0.25) is 11.8 Å². The summed E-state index contributed by atoms with van der Waals surface area (Å²) in [4.78, 5) is 4.15. The highest BCUT2D eigenvalue weighted by molar-refractivity contribution is 5.92. The molecule has 1 aromatic rings. The van der Waals surface area contributed by atoms with Gasteiger partial charge in [-0.2, -0.15) is 5.10 Å².